The molecular weight excluding hydrogens is 467 g/mol. The summed E-state index contributed by atoms with van der Waals surface area (Å²) >= 11 is 5.93. The monoisotopic (exact) mass is 496 g/mol. The molecule has 35 heavy (non-hydrogen) atoms. The lowest BCUT2D eigenvalue weighted by molar-refractivity contribution is -0.111. The number of hydrogen-bond donors (Lipinski definition) is 2. The minimum Gasteiger partial charge on any atom is -0.491 e. The quantitative estimate of drug-likeness (QED) is 0.265. The zero-order chi connectivity index (χ0) is 24.8. The van der Waals surface area contributed by atoms with Crippen LogP contribution < -0.4 is 15.4 Å². The third-order valence-electron chi connectivity index (χ3n) is 6.34. The number of carbonyl (C=O) groups excluding carboxylic acids is 1. The number of piperidine rings is 1. The third kappa shape index (κ3) is 6.50. The number of rotatable bonds is 9. The number of amides is 1. The molecule has 0 spiro atoms. The lowest BCUT2D eigenvalue weighted by Crippen LogP contribution is -2.30. The fourth-order valence-corrected chi connectivity index (χ4v) is 4.50. The molecule has 3 aromatic rings. The molecule has 6 nitrogen and oxygen atoms in total. The number of nitrogens with one attached hydrogen (secondary N) is 2. The van der Waals surface area contributed by atoms with Crippen LogP contribution in [0.15, 0.2) is 55.3 Å². The molecule has 1 aliphatic rings. The Morgan fingerprint density at radius 2 is 2.06 bits per heavy atom. The molecule has 1 fully saturated rings. The van der Waals surface area contributed by atoms with E-state index in [4.69, 9.17) is 16.3 Å². The Labute approximate surface area is 210 Å². The van der Waals surface area contributed by atoms with Gasteiger partial charge < -0.3 is 20.3 Å². The number of carbonyl (C=O) groups is 1. The van der Waals surface area contributed by atoms with Crippen LogP contribution in [0.4, 0.5) is 21.5 Å². The molecule has 8 heteroatoms. The van der Waals surface area contributed by atoms with Gasteiger partial charge in [0.05, 0.1) is 22.8 Å². The van der Waals surface area contributed by atoms with Crippen LogP contribution in [0, 0.1) is 11.7 Å². The molecule has 2 aromatic carbocycles. The summed E-state index contributed by atoms with van der Waals surface area (Å²) in [4.78, 5) is 19.0. The van der Waals surface area contributed by atoms with Gasteiger partial charge in [0.25, 0.3) is 0 Å². The molecule has 4 rings (SSSR count). The molecule has 2 N–H and O–H groups in total. The molecule has 2 heterocycles. The predicted molar refractivity (Wildman–Crippen MR) is 140 cm³/mol. The summed E-state index contributed by atoms with van der Waals surface area (Å²) in [6.45, 7) is 6.41. The highest BCUT2D eigenvalue weighted by atomic mass is 35.5. The van der Waals surface area contributed by atoms with E-state index in [9.17, 15) is 9.18 Å². The summed E-state index contributed by atoms with van der Waals surface area (Å²) in [5, 5.41) is 6.89. The molecule has 0 atom stereocenters. The number of likely N-dealkylation sites (tertiary alicyclic amines) is 1. The number of hydrogen-bond acceptors (Lipinski definition) is 5. The van der Waals surface area contributed by atoms with E-state index < -0.39 is 5.82 Å². The molecular formula is C27H30ClFN4O2. The van der Waals surface area contributed by atoms with Gasteiger partial charge in [-0.3, -0.25) is 9.78 Å². The second-order valence-corrected chi connectivity index (χ2v) is 9.32. The molecule has 0 bridgehead atoms. The summed E-state index contributed by atoms with van der Waals surface area (Å²) in [5.74, 6) is 0.486. The summed E-state index contributed by atoms with van der Waals surface area (Å²) < 4.78 is 19.7. The fraction of sp³-hybridized carbons (Fsp3) is 0.333. The topological polar surface area (TPSA) is 66.5 Å². The van der Waals surface area contributed by atoms with Gasteiger partial charge in [0, 0.05) is 29.0 Å². The lowest BCUT2D eigenvalue weighted by Gasteiger charge is -2.28. The number of nitrogens with zero attached hydrogens (tertiary/aromatic N) is 2. The van der Waals surface area contributed by atoms with Gasteiger partial charge in [0.1, 0.15) is 11.6 Å². The van der Waals surface area contributed by atoms with Crippen LogP contribution in [0.3, 0.4) is 0 Å². The summed E-state index contributed by atoms with van der Waals surface area (Å²) in [6, 6.07) is 9.89. The summed E-state index contributed by atoms with van der Waals surface area (Å²) in [5.41, 5.74) is 2.61. The molecule has 1 saturated heterocycles. The van der Waals surface area contributed by atoms with Crippen molar-refractivity contribution < 1.29 is 13.9 Å². The van der Waals surface area contributed by atoms with Crippen molar-refractivity contribution in [3.63, 3.8) is 0 Å². The van der Waals surface area contributed by atoms with Gasteiger partial charge in [-0.15, -0.1) is 0 Å². The smallest absolute Gasteiger partial charge is 0.247 e. The molecule has 1 amide bonds. The second-order valence-electron chi connectivity index (χ2n) is 8.91. The number of halogens is 2. The maximum atomic E-state index is 13.6. The Kier molecular flexibility index (Phi) is 8.21. The van der Waals surface area contributed by atoms with Gasteiger partial charge in [0.2, 0.25) is 5.91 Å². The van der Waals surface area contributed by atoms with Crippen LogP contribution >= 0.6 is 11.6 Å². The van der Waals surface area contributed by atoms with Crippen molar-refractivity contribution in [1.82, 2.24) is 9.88 Å². The first-order valence-electron chi connectivity index (χ1n) is 11.8. The Bertz CT molecular complexity index is 1210. The Morgan fingerprint density at radius 3 is 2.80 bits per heavy atom. The Hall–Kier alpha value is -3.16. The van der Waals surface area contributed by atoms with Crippen LogP contribution in [0.1, 0.15) is 25.7 Å². The maximum Gasteiger partial charge on any atom is 0.247 e. The highest BCUT2D eigenvalue weighted by molar-refractivity contribution is 6.31. The van der Waals surface area contributed by atoms with Crippen LogP contribution in [0.2, 0.25) is 5.02 Å². The number of benzene rings is 2. The molecule has 0 aliphatic carbocycles. The molecule has 1 aliphatic heterocycles. The van der Waals surface area contributed by atoms with Crippen LogP contribution in [-0.2, 0) is 4.79 Å². The van der Waals surface area contributed by atoms with E-state index in [1.165, 1.54) is 31.1 Å². The maximum absolute atomic E-state index is 13.6. The van der Waals surface area contributed by atoms with Crippen molar-refractivity contribution in [2.45, 2.75) is 25.7 Å². The molecule has 0 radical (unpaired) electrons. The van der Waals surface area contributed by atoms with Crippen molar-refractivity contribution in [3.05, 3.63) is 66.1 Å². The molecule has 0 saturated carbocycles. The largest absolute Gasteiger partial charge is 0.491 e. The molecule has 1 aromatic heterocycles. The molecule has 184 valence electrons. The third-order valence-corrected chi connectivity index (χ3v) is 6.63. The van der Waals surface area contributed by atoms with Gasteiger partial charge in [-0.1, -0.05) is 18.2 Å². The fourth-order valence-electron chi connectivity index (χ4n) is 4.32. The highest BCUT2D eigenvalue weighted by Crippen LogP contribution is 2.35. The van der Waals surface area contributed by atoms with Crippen molar-refractivity contribution in [1.29, 1.82) is 0 Å². The van der Waals surface area contributed by atoms with Gasteiger partial charge in [-0.2, -0.15) is 0 Å². The van der Waals surface area contributed by atoms with E-state index in [1.807, 2.05) is 12.1 Å². The van der Waals surface area contributed by atoms with E-state index in [2.05, 4.69) is 34.1 Å². The number of fused-ring (bicyclic) bond motifs is 1. The average Bonchev–Trinajstić information content (AvgIpc) is 2.85. The first-order valence-corrected chi connectivity index (χ1v) is 12.2. The van der Waals surface area contributed by atoms with Crippen LogP contribution in [-0.4, -0.2) is 42.5 Å². The van der Waals surface area contributed by atoms with E-state index in [-0.39, 0.29) is 10.9 Å². The highest BCUT2D eigenvalue weighted by Gasteiger charge is 2.17. The first-order chi connectivity index (χ1) is 16.9. The minimum absolute atomic E-state index is 0.0308. The van der Waals surface area contributed by atoms with Gasteiger partial charge in [-0.05, 0) is 88.1 Å². The normalized spacial score (nSPS) is 14.6. The zero-order valence-corrected chi connectivity index (χ0v) is 20.6. The van der Waals surface area contributed by atoms with Crippen LogP contribution in [0.5, 0.6) is 5.75 Å². The Morgan fingerprint density at radius 1 is 1.26 bits per heavy atom. The average molecular weight is 497 g/mol. The van der Waals surface area contributed by atoms with Crippen molar-refractivity contribution in [2.24, 2.45) is 5.92 Å². The first kappa shape index (κ1) is 24.9. The van der Waals surface area contributed by atoms with Crippen LogP contribution in [0.25, 0.3) is 10.9 Å². The summed E-state index contributed by atoms with van der Waals surface area (Å²) in [6.07, 6.45) is 7.43. The van der Waals surface area contributed by atoms with E-state index in [0.29, 0.717) is 29.2 Å². The SMILES string of the molecule is C=CC(=O)Nc1cc2c(Nc3ccc(F)c(Cl)c3)ccnc2cc1OCCCC1CCN(C)CC1. The minimum atomic E-state index is -0.483. The molecule has 0 unspecified atom stereocenters. The van der Waals surface area contributed by atoms with Crippen molar-refractivity contribution >= 4 is 45.5 Å². The standard InChI is InChI=1S/C27H30ClFN4O2/c1-3-27(34)32-25-16-20-23(31-19-6-7-22(29)21(28)15-19)8-11-30-24(20)17-26(25)35-14-4-5-18-9-12-33(2)13-10-18/h3,6-8,11,15-18H,1,4-5,9-10,12-14H2,2H3,(H,30,31)(H,32,34). The number of anilines is 3. The van der Waals surface area contributed by atoms with Crippen molar-refractivity contribution in [3.8, 4) is 5.75 Å². The van der Waals surface area contributed by atoms with E-state index >= 15 is 0 Å². The zero-order valence-electron chi connectivity index (χ0n) is 19.8. The lowest BCUT2D eigenvalue weighted by atomic mass is 9.93. The van der Waals surface area contributed by atoms with Gasteiger partial charge >= 0.3 is 0 Å². The van der Waals surface area contributed by atoms with Gasteiger partial charge in [0.15, 0.2) is 0 Å². The summed E-state index contributed by atoms with van der Waals surface area (Å²) in [7, 11) is 2.17. The number of ether oxygens (including phenoxy) is 1. The second kappa shape index (κ2) is 11.5. The predicted octanol–water partition coefficient (Wildman–Crippen LogP) is 6.40. The number of pyridine rings is 1. The van der Waals surface area contributed by atoms with E-state index in [1.54, 1.807) is 18.3 Å². The number of aromatic nitrogens is 1. The van der Waals surface area contributed by atoms with Crippen molar-refractivity contribution in [2.75, 3.05) is 37.4 Å². The van der Waals surface area contributed by atoms with E-state index in [0.717, 1.165) is 42.9 Å². The Balaban J connectivity index is 1.53. The van der Waals surface area contributed by atoms with Gasteiger partial charge in [-0.25, -0.2) is 4.39 Å².